The number of methoxy groups -OCH3 is 1. The number of aryl methyl sites for hydroxylation is 1. The average molecular weight is 264 g/mol. The maximum Gasteiger partial charge on any atom is 0.328 e. The third kappa shape index (κ3) is 2.30. The van der Waals surface area contributed by atoms with Crippen LogP contribution in [0.5, 0.6) is 0 Å². The molecule has 1 heterocycles. The zero-order valence-electron chi connectivity index (χ0n) is 7.33. The SMILES string of the molecule is COC(=O)[C@@H](N)c1cc(C)c(Br)s1. The summed E-state index contributed by atoms with van der Waals surface area (Å²) in [6.45, 7) is 1.95. The number of halogens is 1. The topological polar surface area (TPSA) is 52.3 Å². The van der Waals surface area contributed by atoms with Crippen LogP contribution in [0.1, 0.15) is 16.5 Å². The van der Waals surface area contributed by atoms with Crippen LogP contribution in [-0.4, -0.2) is 13.1 Å². The van der Waals surface area contributed by atoms with Crippen molar-refractivity contribution in [3.63, 3.8) is 0 Å². The van der Waals surface area contributed by atoms with Crippen molar-refractivity contribution >= 4 is 33.2 Å². The van der Waals surface area contributed by atoms with Gasteiger partial charge in [0.05, 0.1) is 10.9 Å². The van der Waals surface area contributed by atoms with Crippen LogP contribution in [-0.2, 0) is 9.53 Å². The number of carbonyl (C=O) groups excluding carboxylic acids is 1. The predicted octanol–water partition coefficient (Wildman–Crippen LogP) is 1.99. The largest absolute Gasteiger partial charge is 0.468 e. The van der Waals surface area contributed by atoms with Gasteiger partial charge in [-0.05, 0) is 34.5 Å². The summed E-state index contributed by atoms with van der Waals surface area (Å²) >= 11 is 4.82. The lowest BCUT2D eigenvalue weighted by Gasteiger charge is -2.05. The summed E-state index contributed by atoms with van der Waals surface area (Å²) in [7, 11) is 1.33. The van der Waals surface area contributed by atoms with E-state index in [1.165, 1.54) is 18.4 Å². The second kappa shape index (κ2) is 4.21. The standard InChI is InChI=1S/C8H10BrNO2S/c1-4-3-5(13-7(4)9)6(10)8(11)12-2/h3,6H,10H2,1-2H3/t6-/m0/s1. The van der Waals surface area contributed by atoms with Crippen LogP contribution < -0.4 is 5.73 Å². The Hall–Kier alpha value is -0.390. The second-order valence-electron chi connectivity index (χ2n) is 2.61. The summed E-state index contributed by atoms with van der Waals surface area (Å²) in [6.07, 6.45) is 0. The van der Waals surface area contributed by atoms with E-state index in [1.807, 2.05) is 13.0 Å². The Balaban J connectivity index is 2.89. The average Bonchev–Trinajstić information content (AvgIpc) is 2.44. The van der Waals surface area contributed by atoms with Crippen LogP contribution in [0, 0.1) is 6.92 Å². The van der Waals surface area contributed by atoms with Crippen LogP contribution in [0.15, 0.2) is 9.85 Å². The van der Waals surface area contributed by atoms with Crippen molar-refractivity contribution in [2.45, 2.75) is 13.0 Å². The molecule has 0 bridgehead atoms. The Morgan fingerprint density at radius 1 is 1.77 bits per heavy atom. The van der Waals surface area contributed by atoms with Crippen molar-refractivity contribution in [1.29, 1.82) is 0 Å². The Bertz CT molecular complexity index is 304. The van der Waals surface area contributed by atoms with Gasteiger partial charge in [0.15, 0.2) is 0 Å². The molecule has 0 aliphatic carbocycles. The van der Waals surface area contributed by atoms with E-state index in [9.17, 15) is 4.79 Å². The lowest BCUT2D eigenvalue weighted by Crippen LogP contribution is -2.21. The first-order valence-corrected chi connectivity index (χ1v) is 5.26. The zero-order chi connectivity index (χ0) is 10.0. The first-order valence-electron chi connectivity index (χ1n) is 3.65. The fraction of sp³-hybridized carbons (Fsp3) is 0.375. The number of rotatable bonds is 2. The van der Waals surface area contributed by atoms with Crippen LogP contribution in [0.2, 0.25) is 0 Å². The maximum absolute atomic E-state index is 11.1. The minimum absolute atomic E-state index is 0.409. The molecule has 0 aliphatic heterocycles. The molecule has 1 atom stereocenters. The lowest BCUT2D eigenvalue weighted by atomic mass is 10.2. The third-order valence-electron chi connectivity index (χ3n) is 1.64. The fourth-order valence-electron chi connectivity index (χ4n) is 0.880. The number of ether oxygens (including phenoxy) is 1. The Morgan fingerprint density at radius 2 is 2.38 bits per heavy atom. The highest BCUT2D eigenvalue weighted by Gasteiger charge is 2.18. The molecule has 3 nitrogen and oxygen atoms in total. The van der Waals surface area contributed by atoms with E-state index in [0.29, 0.717) is 0 Å². The van der Waals surface area contributed by atoms with Gasteiger partial charge in [-0.15, -0.1) is 11.3 Å². The Morgan fingerprint density at radius 3 is 2.77 bits per heavy atom. The van der Waals surface area contributed by atoms with Gasteiger partial charge in [0.2, 0.25) is 0 Å². The van der Waals surface area contributed by atoms with Crippen LogP contribution in [0.25, 0.3) is 0 Å². The van der Waals surface area contributed by atoms with E-state index >= 15 is 0 Å². The highest BCUT2D eigenvalue weighted by Crippen LogP contribution is 2.30. The summed E-state index contributed by atoms with van der Waals surface area (Å²) in [5.74, 6) is -0.409. The quantitative estimate of drug-likeness (QED) is 0.831. The third-order valence-corrected chi connectivity index (χ3v) is 3.86. The highest BCUT2D eigenvalue weighted by molar-refractivity contribution is 9.11. The van der Waals surface area contributed by atoms with E-state index in [-0.39, 0.29) is 0 Å². The van der Waals surface area contributed by atoms with Crippen LogP contribution in [0.3, 0.4) is 0 Å². The molecule has 0 aromatic carbocycles. The molecule has 0 fully saturated rings. The minimum Gasteiger partial charge on any atom is -0.468 e. The van der Waals surface area contributed by atoms with Crippen molar-refractivity contribution in [2.24, 2.45) is 5.73 Å². The van der Waals surface area contributed by atoms with Gasteiger partial charge in [0.1, 0.15) is 6.04 Å². The Kier molecular flexibility index (Phi) is 3.47. The van der Waals surface area contributed by atoms with Gasteiger partial charge < -0.3 is 10.5 Å². The van der Waals surface area contributed by atoms with E-state index in [0.717, 1.165) is 14.2 Å². The molecule has 1 aromatic heterocycles. The summed E-state index contributed by atoms with van der Waals surface area (Å²) in [6, 6.07) is 1.22. The molecule has 0 saturated heterocycles. The molecule has 5 heteroatoms. The van der Waals surface area contributed by atoms with Crippen molar-refractivity contribution in [1.82, 2.24) is 0 Å². The maximum atomic E-state index is 11.1. The molecule has 0 aliphatic rings. The predicted molar refractivity (Wildman–Crippen MR) is 55.7 cm³/mol. The molecule has 1 aromatic rings. The van der Waals surface area contributed by atoms with E-state index in [1.54, 1.807) is 0 Å². The highest BCUT2D eigenvalue weighted by atomic mass is 79.9. The molecule has 0 amide bonds. The van der Waals surface area contributed by atoms with Gasteiger partial charge in [0.25, 0.3) is 0 Å². The summed E-state index contributed by atoms with van der Waals surface area (Å²) in [5.41, 5.74) is 6.73. The molecule has 13 heavy (non-hydrogen) atoms. The van der Waals surface area contributed by atoms with E-state index < -0.39 is 12.0 Å². The summed E-state index contributed by atoms with van der Waals surface area (Å²) in [5, 5.41) is 0. The van der Waals surface area contributed by atoms with Gasteiger partial charge in [-0.2, -0.15) is 0 Å². The van der Waals surface area contributed by atoms with Gasteiger partial charge in [-0.1, -0.05) is 0 Å². The molecule has 0 unspecified atom stereocenters. The molecule has 0 radical (unpaired) electrons. The Labute approximate surface area is 89.0 Å². The number of carbonyl (C=O) groups is 1. The van der Waals surface area contributed by atoms with Crippen molar-refractivity contribution in [2.75, 3.05) is 7.11 Å². The van der Waals surface area contributed by atoms with Crippen molar-refractivity contribution in [3.8, 4) is 0 Å². The lowest BCUT2D eigenvalue weighted by molar-refractivity contribution is -0.142. The fourth-order valence-corrected chi connectivity index (χ4v) is 2.44. The number of hydrogen-bond donors (Lipinski definition) is 1. The van der Waals surface area contributed by atoms with E-state index in [2.05, 4.69) is 20.7 Å². The van der Waals surface area contributed by atoms with Gasteiger partial charge in [-0.3, -0.25) is 0 Å². The van der Waals surface area contributed by atoms with Crippen LogP contribution >= 0.6 is 27.3 Å². The van der Waals surface area contributed by atoms with Gasteiger partial charge in [-0.25, -0.2) is 4.79 Å². The normalized spacial score (nSPS) is 12.6. The number of hydrogen-bond acceptors (Lipinski definition) is 4. The first kappa shape index (κ1) is 10.7. The molecule has 2 N–H and O–H groups in total. The molecular formula is C8H10BrNO2S. The number of thiophene rings is 1. The molecule has 72 valence electrons. The smallest absolute Gasteiger partial charge is 0.328 e. The van der Waals surface area contributed by atoms with E-state index in [4.69, 9.17) is 5.73 Å². The molecule has 0 spiro atoms. The van der Waals surface area contributed by atoms with Crippen molar-refractivity contribution < 1.29 is 9.53 Å². The first-order chi connectivity index (χ1) is 6.06. The van der Waals surface area contributed by atoms with Crippen molar-refractivity contribution in [3.05, 3.63) is 20.3 Å². The van der Waals surface area contributed by atoms with Gasteiger partial charge >= 0.3 is 5.97 Å². The monoisotopic (exact) mass is 263 g/mol. The summed E-state index contributed by atoms with van der Waals surface area (Å²) < 4.78 is 5.54. The molecular weight excluding hydrogens is 254 g/mol. The van der Waals surface area contributed by atoms with Gasteiger partial charge in [0, 0.05) is 4.88 Å². The molecule has 1 rings (SSSR count). The second-order valence-corrected chi connectivity index (χ2v) is 5.01. The summed E-state index contributed by atoms with van der Waals surface area (Å²) in [4.78, 5) is 11.9. The zero-order valence-corrected chi connectivity index (χ0v) is 9.74. The van der Waals surface area contributed by atoms with Crippen LogP contribution in [0.4, 0.5) is 0 Å². The number of nitrogens with two attached hydrogens (primary N) is 1. The molecule has 0 saturated carbocycles. The minimum atomic E-state index is -0.667. The number of esters is 1.